The van der Waals surface area contributed by atoms with Crippen molar-refractivity contribution in [2.45, 2.75) is 38.2 Å². The Bertz CT molecular complexity index is 403. The number of aliphatic hydroxyl groups is 1. The average molecular weight is 305 g/mol. The monoisotopic (exact) mass is 304 g/mol. The Morgan fingerprint density at radius 2 is 1.76 bits per heavy atom. The number of benzene rings is 1. The van der Waals surface area contributed by atoms with Crippen LogP contribution >= 0.6 is 15.9 Å². The highest BCUT2D eigenvalue weighted by molar-refractivity contribution is 9.10. The van der Waals surface area contributed by atoms with Crippen LogP contribution in [0.4, 0.5) is 8.78 Å². The van der Waals surface area contributed by atoms with Crippen molar-refractivity contribution in [1.29, 1.82) is 0 Å². The molecule has 1 N–H and O–H groups in total. The fraction of sp³-hybridized carbons (Fsp3) is 0.538. The van der Waals surface area contributed by atoms with Gasteiger partial charge in [0.05, 0.1) is 10.6 Å². The first-order chi connectivity index (χ1) is 8.09. The van der Waals surface area contributed by atoms with Gasteiger partial charge in [-0.25, -0.2) is 8.78 Å². The summed E-state index contributed by atoms with van der Waals surface area (Å²) in [5, 5.41) is 10.1. The van der Waals surface area contributed by atoms with E-state index in [2.05, 4.69) is 15.9 Å². The summed E-state index contributed by atoms with van der Waals surface area (Å²) in [6.07, 6.45) is 4.17. The van der Waals surface area contributed by atoms with Crippen molar-refractivity contribution in [2.75, 3.05) is 0 Å². The van der Waals surface area contributed by atoms with Crippen LogP contribution in [0.25, 0.3) is 0 Å². The summed E-state index contributed by atoms with van der Waals surface area (Å²) in [6.45, 7) is 0. The van der Waals surface area contributed by atoms with Crippen LogP contribution in [0.5, 0.6) is 0 Å². The van der Waals surface area contributed by atoms with E-state index in [1.54, 1.807) is 0 Å². The Morgan fingerprint density at radius 3 is 2.41 bits per heavy atom. The molecule has 0 aliphatic heterocycles. The van der Waals surface area contributed by atoms with E-state index in [-0.39, 0.29) is 16.0 Å². The standard InChI is InChI=1S/C13H15BrF2O/c14-10-7-11(15)9(6-12(10)16)13(17)8-4-2-1-3-5-8/h6-8,13,17H,1-5H2. The minimum Gasteiger partial charge on any atom is -0.388 e. The smallest absolute Gasteiger partial charge is 0.137 e. The molecule has 2 rings (SSSR count). The molecule has 1 unspecified atom stereocenters. The van der Waals surface area contributed by atoms with E-state index in [1.165, 1.54) is 6.42 Å². The predicted octanol–water partition coefficient (Wildman–Crippen LogP) is 4.34. The number of aliphatic hydroxyl groups excluding tert-OH is 1. The normalized spacial score (nSPS) is 19.3. The van der Waals surface area contributed by atoms with Crippen LogP contribution in [0.15, 0.2) is 16.6 Å². The fourth-order valence-corrected chi connectivity index (χ4v) is 2.78. The minimum absolute atomic E-state index is 0.0545. The predicted molar refractivity (Wildman–Crippen MR) is 65.6 cm³/mol. The zero-order valence-electron chi connectivity index (χ0n) is 9.43. The first-order valence-electron chi connectivity index (χ1n) is 5.92. The summed E-state index contributed by atoms with van der Waals surface area (Å²) in [4.78, 5) is 0. The Morgan fingerprint density at radius 1 is 1.12 bits per heavy atom. The van der Waals surface area contributed by atoms with E-state index in [0.717, 1.165) is 37.8 Å². The third-order valence-electron chi connectivity index (χ3n) is 3.45. The molecule has 0 saturated heterocycles. The highest BCUT2D eigenvalue weighted by Crippen LogP contribution is 2.36. The van der Waals surface area contributed by atoms with Crippen LogP contribution in [-0.2, 0) is 0 Å². The van der Waals surface area contributed by atoms with Gasteiger partial charge in [0.25, 0.3) is 0 Å². The Labute approximate surface area is 108 Å². The molecule has 1 aliphatic carbocycles. The average Bonchev–Trinajstić information content (AvgIpc) is 2.34. The van der Waals surface area contributed by atoms with Crippen molar-refractivity contribution >= 4 is 15.9 Å². The van der Waals surface area contributed by atoms with Gasteiger partial charge in [0.15, 0.2) is 0 Å². The zero-order chi connectivity index (χ0) is 12.4. The molecule has 1 aromatic carbocycles. The van der Waals surface area contributed by atoms with E-state index < -0.39 is 17.7 Å². The van der Waals surface area contributed by atoms with Gasteiger partial charge >= 0.3 is 0 Å². The van der Waals surface area contributed by atoms with Crippen LogP contribution in [0.3, 0.4) is 0 Å². The second kappa shape index (κ2) is 5.44. The molecule has 0 amide bonds. The second-order valence-electron chi connectivity index (χ2n) is 4.63. The molecule has 1 nitrogen and oxygen atoms in total. The number of hydrogen-bond acceptors (Lipinski definition) is 1. The number of halogens is 3. The number of rotatable bonds is 2. The van der Waals surface area contributed by atoms with Gasteiger partial charge in [-0.15, -0.1) is 0 Å². The van der Waals surface area contributed by atoms with Crippen molar-refractivity contribution in [2.24, 2.45) is 5.92 Å². The molecule has 0 aromatic heterocycles. The van der Waals surface area contributed by atoms with Gasteiger partial charge in [-0.05, 0) is 46.8 Å². The quantitative estimate of drug-likeness (QED) is 0.806. The van der Waals surface area contributed by atoms with Crippen LogP contribution in [-0.4, -0.2) is 5.11 Å². The summed E-state index contributed by atoms with van der Waals surface area (Å²) in [5.41, 5.74) is 0.0811. The summed E-state index contributed by atoms with van der Waals surface area (Å²) in [5.74, 6) is -1.02. The van der Waals surface area contributed by atoms with Gasteiger partial charge in [-0.3, -0.25) is 0 Å². The first-order valence-corrected chi connectivity index (χ1v) is 6.71. The summed E-state index contributed by atoms with van der Waals surface area (Å²) in [7, 11) is 0. The van der Waals surface area contributed by atoms with E-state index in [1.807, 2.05) is 0 Å². The lowest BCUT2D eigenvalue weighted by Crippen LogP contribution is -2.17. The lowest BCUT2D eigenvalue weighted by Gasteiger charge is -2.27. The van der Waals surface area contributed by atoms with Gasteiger partial charge < -0.3 is 5.11 Å². The Hall–Kier alpha value is -0.480. The van der Waals surface area contributed by atoms with E-state index in [0.29, 0.717) is 0 Å². The molecule has 0 radical (unpaired) electrons. The van der Waals surface area contributed by atoms with Crippen molar-refractivity contribution in [3.8, 4) is 0 Å². The van der Waals surface area contributed by atoms with E-state index in [4.69, 9.17) is 0 Å². The molecule has 94 valence electrons. The maximum Gasteiger partial charge on any atom is 0.137 e. The number of hydrogen-bond donors (Lipinski definition) is 1. The van der Waals surface area contributed by atoms with Crippen LogP contribution in [0, 0.1) is 17.6 Å². The minimum atomic E-state index is -0.891. The Kier molecular flexibility index (Phi) is 4.15. The highest BCUT2D eigenvalue weighted by Gasteiger charge is 2.26. The molecule has 0 heterocycles. The molecule has 1 fully saturated rings. The summed E-state index contributed by atoms with van der Waals surface area (Å²) in [6, 6.07) is 2.18. The van der Waals surface area contributed by atoms with E-state index >= 15 is 0 Å². The van der Waals surface area contributed by atoms with Gasteiger partial charge in [0, 0.05) is 5.56 Å². The highest BCUT2D eigenvalue weighted by atomic mass is 79.9. The maximum atomic E-state index is 13.7. The molecule has 1 saturated carbocycles. The van der Waals surface area contributed by atoms with Gasteiger partial charge in [-0.1, -0.05) is 19.3 Å². The lowest BCUT2D eigenvalue weighted by atomic mass is 9.82. The summed E-state index contributed by atoms with van der Waals surface area (Å²) < 4.78 is 27.1. The molecular weight excluding hydrogens is 290 g/mol. The second-order valence-corrected chi connectivity index (χ2v) is 5.49. The molecule has 1 aliphatic rings. The molecule has 0 bridgehead atoms. The van der Waals surface area contributed by atoms with Gasteiger partial charge in [-0.2, -0.15) is 0 Å². The molecule has 17 heavy (non-hydrogen) atoms. The summed E-state index contributed by atoms with van der Waals surface area (Å²) >= 11 is 2.93. The van der Waals surface area contributed by atoms with Crippen molar-refractivity contribution < 1.29 is 13.9 Å². The molecular formula is C13H15BrF2O. The molecule has 4 heteroatoms. The third-order valence-corrected chi connectivity index (χ3v) is 4.06. The van der Waals surface area contributed by atoms with Crippen molar-refractivity contribution in [3.63, 3.8) is 0 Å². The van der Waals surface area contributed by atoms with Gasteiger partial charge in [0.1, 0.15) is 11.6 Å². The SMILES string of the molecule is OC(c1cc(F)c(Br)cc1F)C1CCCCC1. The third kappa shape index (κ3) is 2.86. The van der Waals surface area contributed by atoms with E-state index in [9.17, 15) is 13.9 Å². The fourth-order valence-electron chi connectivity index (χ4n) is 2.47. The van der Waals surface area contributed by atoms with Crippen LogP contribution < -0.4 is 0 Å². The van der Waals surface area contributed by atoms with Crippen LogP contribution in [0.1, 0.15) is 43.8 Å². The molecule has 0 spiro atoms. The van der Waals surface area contributed by atoms with Crippen LogP contribution in [0.2, 0.25) is 0 Å². The lowest BCUT2D eigenvalue weighted by molar-refractivity contribution is 0.0813. The van der Waals surface area contributed by atoms with Crippen molar-refractivity contribution in [1.82, 2.24) is 0 Å². The maximum absolute atomic E-state index is 13.7. The molecule has 1 atom stereocenters. The topological polar surface area (TPSA) is 20.2 Å². The van der Waals surface area contributed by atoms with Gasteiger partial charge in [0.2, 0.25) is 0 Å². The van der Waals surface area contributed by atoms with Crippen molar-refractivity contribution in [3.05, 3.63) is 33.8 Å². The first kappa shape index (κ1) is 13.0. The molecule has 1 aromatic rings. The largest absolute Gasteiger partial charge is 0.388 e. The zero-order valence-corrected chi connectivity index (χ0v) is 11.0. The Balaban J connectivity index is 2.23.